The molecule has 0 fully saturated rings. The SMILES string of the molecule is CC(C)=CCCC(NC(=O)OCC1c2ccccc2-c2ccccc21)C(=O)O. The second-order valence-corrected chi connectivity index (χ2v) is 7.22. The first-order chi connectivity index (χ1) is 13.5. The molecule has 1 amide bonds. The van der Waals surface area contributed by atoms with E-state index in [4.69, 9.17) is 4.74 Å². The van der Waals surface area contributed by atoms with E-state index in [9.17, 15) is 14.7 Å². The van der Waals surface area contributed by atoms with Crippen molar-refractivity contribution >= 4 is 12.1 Å². The minimum Gasteiger partial charge on any atom is -0.480 e. The van der Waals surface area contributed by atoms with E-state index in [2.05, 4.69) is 17.4 Å². The predicted molar refractivity (Wildman–Crippen MR) is 108 cm³/mol. The molecule has 1 aliphatic carbocycles. The number of fused-ring (bicyclic) bond motifs is 3. The van der Waals surface area contributed by atoms with Crippen molar-refractivity contribution in [2.45, 2.75) is 38.6 Å². The summed E-state index contributed by atoms with van der Waals surface area (Å²) in [5, 5.41) is 11.8. The molecule has 0 spiro atoms. The maximum atomic E-state index is 12.2. The molecule has 0 aliphatic heterocycles. The molecular weight excluding hydrogens is 354 g/mol. The number of carbonyl (C=O) groups excluding carboxylic acids is 1. The summed E-state index contributed by atoms with van der Waals surface area (Å²) in [5.74, 6) is -1.11. The van der Waals surface area contributed by atoms with Crippen molar-refractivity contribution in [1.29, 1.82) is 0 Å². The van der Waals surface area contributed by atoms with Gasteiger partial charge in [-0.1, -0.05) is 60.2 Å². The minimum absolute atomic E-state index is 0.0490. The number of carboxylic acid groups (broad SMARTS) is 1. The van der Waals surface area contributed by atoms with Gasteiger partial charge in [-0.2, -0.15) is 0 Å². The summed E-state index contributed by atoms with van der Waals surface area (Å²) in [5.41, 5.74) is 5.66. The highest BCUT2D eigenvalue weighted by atomic mass is 16.5. The first kappa shape index (κ1) is 19.7. The minimum atomic E-state index is -1.06. The van der Waals surface area contributed by atoms with Gasteiger partial charge in [-0.15, -0.1) is 0 Å². The number of hydrogen-bond donors (Lipinski definition) is 2. The number of ether oxygens (including phenoxy) is 1. The van der Waals surface area contributed by atoms with Crippen LogP contribution in [0.1, 0.15) is 43.7 Å². The summed E-state index contributed by atoms with van der Waals surface area (Å²) in [6.07, 6.45) is 2.16. The third-order valence-electron chi connectivity index (χ3n) is 4.94. The van der Waals surface area contributed by atoms with Crippen LogP contribution < -0.4 is 5.32 Å². The highest BCUT2D eigenvalue weighted by molar-refractivity contribution is 5.81. The predicted octanol–water partition coefficient (Wildman–Crippen LogP) is 4.72. The molecule has 0 saturated heterocycles. The summed E-state index contributed by atoms with van der Waals surface area (Å²) in [6.45, 7) is 4.07. The van der Waals surface area contributed by atoms with E-state index in [1.165, 1.54) is 0 Å². The molecule has 0 bridgehead atoms. The van der Waals surface area contributed by atoms with Crippen LogP contribution in [-0.4, -0.2) is 29.8 Å². The fourth-order valence-electron chi connectivity index (χ4n) is 3.58. The zero-order valence-electron chi connectivity index (χ0n) is 16.1. The Balaban J connectivity index is 1.64. The van der Waals surface area contributed by atoms with Gasteiger partial charge in [0.1, 0.15) is 12.6 Å². The van der Waals surface area contributed by atoms with Crippen LogP contribution in [0.25, 0.3) is 11.1 Å². The summed E-state index contributed by atoms with van der Waals surface area (Å²) in [6, 6.07) is 15.2. The molecule has 3 rings (SSSR count). The molecule has 146 valence electrons. The maximum Gasteiger partial charge on any atom is 0.407 e. The molecule has 2 aromatic carbocycles. The number of amides is 1. The van der Waals surface area contributed by atoms with Crippen molar-refractivity contribution in [2.24, 2.45) is 0 Å². The van der Waals surface area contributed by atoms with Gasteiger partial charge in [-0.25, -0.2) is 9.59 Å². The van der Waals surface area contributed by atoms with Gasteiger partial charge in [0.25, 0.3) is 0 Å². The molecule has 0 aromatic heterocycles. The Kier molecular flexibility index (Phi) is 6.14. The molecule has 2 N–H and O–H groups in total. The van der Waals surface area contributed by atoms with Crippen LogP contribution in [0.4, 0.5) is 4.79 Å². The summed E-state index contributed by atoms with van der Waals surface area (Å²) in [7, 11) is 0. The van der Waals surface area contributed by atoms with Crippen LogP contribution >= 0.6 is 0 Å². The zero-order chi connectivity index (χ0) is 20.1. The molecule has 1 unspecified atom stereocenters. The van der Waals surface area contributed by atoms with E-state index in [1.54, 1.807) is 0 Å². The Hall–Kier alpha value is -3.08. The van der Waals surface area contributed by atoms with Crippen molar-refractivity contribution in [3.05, 3.63) is 71.3 Å². The number of carboxylic acids is 1. The van der Waals surface area contributed by atoms with E-state index >= 15 is 0 Å². The molecule has 5 heteroatoms. The average molecular weight is 379 g/mol. The van der Waals surface area contributed by atoms with E-state index in [1.807, 2.05) is 56.3 Å². The number of aliphatic carboxylic acids is 1. The molecule has 2 aromatic rings. The average Bonchev–Trinajstić information content (AvgIpc) is 2.99. The summed E-state index contributed by atoms with van der Waals surface area (Å²) < 4.78 is 5.42. The lowest BCUT2D eigenvalue weighted by atomic mass is 9.98. The van der Waals surface area contributed by atoms with E-state index in [0.29, 0.717) is 12.8 Å². The van der Waals surface area contributed by atoms with Crippen molar-refractivity contribution in [3.63, 3.8) is 0 Å². The third kappa shape index (κ3) is 4.42. The normalized spacial score (nSPS) is 13.2. The van der Waals surface area contributed by atoms with Gasteiger partial charge in [-0.3, -0.25) is 0 Å². The summed E-state index contributed by atoms with van der Waals surface area (Å²) >= 11 is 0. The Labute approximate surface area is 165 Å². The number of carbonyl (C=O) groups is 2. The van der Waals surface area contributed by atoms with Crippen LogP contribution in [0.3, 0.4) is 0 Å². The molecular formula is C23H25NO4. The lowest BCUT2D eigenvalue weighted by Crippen LogP contribution is -2.41. The first-order valence-corrected chi connectivity index (χ1v) is 9.45. The number of nitrogens with one attached hydrogen (secondary N) is 1. The largest absolute Gasteiger partial charge is 0.480 e. The molecule has 5 nitrogen and oxygen atoms in total. The van der Waals surface area contributed by atoms with Gasteiger partial charge in [0.2, 0.25) is 0 Å². The Morgan fingerprint density at radius 2 is 1.64 bits per heavy atom. The van der Waals surface area contributed by atoms with Gasteiger partial charge in [0.05, 0.1) is 0 Å². The number of benzene rings is 2. The van der Waals surface area contributed by atoms with Crippen molar-refractivity contribution < 1.29 is 19.4 Å². The summed E-state index contributed by atoms with van der Waals surface area (Å²) in [4.78, 5) is 23.6. The highest BCUT2D eigenvalue weighted by Crippen LogP contribution is 2.44. The lowest BCUT2D eigenvalue weighted by molar-refractivity contribution is -0.139. The molecule has 0 radical (unpaired) electrons. The number of hydrogen-bond acceptors (Lipinski definition) is 3. The first-order valence-electron chi connectivity index (χ1n) is 9.45. The molecule has 0 saturated carbocycles. The van der Waals surface area contributed by atoms with Gasteiger partial charge < -0.3 is 15.2 Å². The van der Waals surface area contributed by atoms with Gasteiger partial charge >= 0.3 is 12.1 Å². The standard InChI is InChI=1S/C23H25NO4/c1-15(2)8-7-13-21(22(25)26)24-23(27)28-14-20-18-11-5-3-9-16(18)17-10-4-6-12-19(17)20/h3-6,8-12,20-21H,7,13-14H2,1-2H3,(H,24,27)(H,25,26). The lowest BCUT2D eigenvalue weighted by Gasteiger charge is -2.17. The third-order valence-corrected chi connectivity index (χ3v) is 4.94. The van der Waals surface area contributed by atoms with Crippen molar-refractivity contribution in [3.8, 4) is 11.1 Å². The topological polar surface area (TPSA) is 75.6 Å². The zero-order valence-corrected chi connectivity index (χ0v) is 16.1. The molecule has 28 heavy (non-hydrogen) atoms. The molecule has 1 aliphatic rings. The maximum absolute atomic E-state index is 12.2. The monoisotopic (exact) mass is 379 g/mol. The molecule has 0 heterocycles. The van der Waals surface area contributed by atoms with Crippen LogP contribution in [0, 0.1) is 0 Å². The Morgan fingerprint density at radius 3 is 2.18 bits per heavy atom. The van der Waals surface area contributed by atoms with Gasteiger partial charge in [-0.05, 0) is 48.9 Å². The van der Waals surface area contributed by atoms with Gasteiger partial charge in [0, 0.05) is 5.92 Å². The number of rotatable bonds is 7. The number of alkyl carbamates (subject to hydrolysis) is 1. The quantitative estimate of drug-likeness (QED) is 0.682. The van der Waals surface area contributed by atoms with E-state index in [0.717, 1.165) is 27.8 Å². The Morgan fingerprint density at radius 1 is 1.07 bits per heavy atom. The van der Waals surface area contributed by atoms with Crippen LogP contribution in [0.5, 0.6) is 0 Å². The van der Waals surface area contributed by atoms with Crippen LogP contribution in [-0.2, 0) is 9.53 Å². The fraction of sp³-hybridized carbons (Fsp3) is 0.304. The second-order valence-electron chi connectivity index (χ2n) is 7.22. The van der Waals surface area contributed by atoms with E-state index in [-0.39, 0.29) is 12.5 Å². The van der Waals surface area contributed by atoms with Gasteiger partial charge in [0.15, 0.2) is 0 Å². The highest BCUT2D eigenvalue weighted by Gasteiger charge is 2.29. The van der Waals surface area contributed by atoms with Crippen molar-refractivity contribution in [2.75, 3.05) is 6.61 Å². The Bertz CT molecular complexity index is 853. The van der Waals surface area contributed by atoms with Crippen molar-refractivity contribution in [1.82, 2.24) is 5.32 Å². The second kappa shape index (κ2) is 8.74. The van der Waals surface area contributed by atoms with Crippen LogP contribution in [0.15, 0.2) is 60.2 Å². The van der Waals surface area contributed by atoms with E-state index < -0.39 is 18.1 Å². The molecule has 1 atom stereocenters. The fourth-order valence-corrected chi connectivity index (χ4v) is 3.58. The smallest absolute Gasteiger partial charge is 0.407 e. The van der Waals surface area contributed by atoms with Crippen LogP contribution in [0.2, 0.25) is 0 Å². The number of allylic oxidation sites excluding steroid dienone is 2.